The third-order valence-corrected chi connectivity index (χ3v) is 9.10. The second-order valence-corrected chi connectivity index (χ2v) is 12.5. The molecular weight excluding hydrogens is 552 g/mol. The lowest BCUT2D eigenvalue weighted by molar-refractivity contribution is 0.181. The summed E-state index contributed by atoms with van der Waals surface area (Å²) in [7, 11) is 4.87. The highest BCUT2D eigenvalue weighted by Gasteiger charge is 2.34. The zero-order valence-electron chi connectivity index (χ0n) is 27.5. The number of hydrogen-bond donors (Lipinski definition) is 3. The summed E-state index contributed by atoms with van der Waals surface area (Å²) in [5.74, 6) is 0.731. The first-order valence-electron chi connectivity index (χ1n) is 14.9. The van der Waals surface area contributed by atoms with E-state index in [1.165, 1.54) is 0 Å². The summed E-state index contributed by atoms with van der Waals surface area (Å²) < 4.78 is 16.2. The Morgan fingerprint density at radius 1 is 0.477 bits per heavy atom. The Balaban J connectivity index is 1.92. The summed E-state index contributed by atoms with van der Waals surface area (Å²) in [6.07, 6.45) is 0. The van der Waals surface area contributed by atoms with Gasteiger partial charge in [-0.05, 0) is 90.4 Å². The summed E-state index contributed by atoms with van der Waals surface area (Å²) in [6, 6.07) is 20.8. The molecule has 0 aliphatic rings. The van der Waals surface area contributed by atoms with Gasteiger partial charge in [-0.3, -0.25) is 0 Å². The Morgan fingerprint density at radius 2 is 0.795 bits per heavy atom. The number of methoxy groups -OCH3 is 3. The Kier molecular flexibility index (Phi) is 9.79. The van der Waals surface area contributed by atoms with E-state index in [1.54, 1.807) is 21.3 Å². The summed E-state index contributed by atoms with van der Waals surface area (Å²) in [5, 5.41) is 32.2. The minimum atomic E-state index is -0.647. The Morgan fingerprint density at radius 3 is 1.16 bits per heavy atom. The predicted molar refractivity (Wildman–Crippen MR) is 175 cm³/mol. The first-order valence-corrected chi connectivity index (χ1v) is 14.9. The maximum Gasteiger partial charge on any atom is 0.124 e. The SMILES string of the molecule is COCc1cc(C(C)(C)c2ccc(C(C)(c3cc(C)c(O)c(COC)c3)c3cc(C)c(O)c(COC)c3)cc2)cc(C)c1O. The van der Waals surface area contributed by atoms with E-state index >= 15 is 0 Å². The van der Waals surface area contributed by atoms with Gasteiger partial charge in [0.15, 0.2) is 0 Å². The lowest BCUT2D eigenvalue weighted by Gasteiger charge is -2.35. The monoisotopic (exact) mass is 598 g/mol. The molecular formula is C38H46O6. The van der Waals surface area contributed by atoms with Crippen LogP contribution in [0, 0.1) is 20.8 Å². The zero-order chi connectivity index (χ0) is 32.4. The summed E-state index contributed by atoms with van der Waals surface area (Å²) in [5.41, 5.74) is 8.82. The second kappa shape index (κ2) is 13.0. The fourth-order valence-electron chi connectivity index (χ4n) is 6.18. The molecule has 0 unspecified atom stereocenters. The van der Waals surface area contributed by atoms with E-state index in [0.29, 0.717) is 17.7 Å². The molecule has 44 heavy (non-hydrogen) atoms. The molecule has 3 N–H and O–H groups in total. The fourth-order valence-corrected chi connectivity index (χ4v) is 6.18. The number of benzene rings is 4. The molecule has 4 rings (SSSR count). The van der Waals surface area contributed by atoms with Crippen molar-refractivity contribution in [3.05, 3.63) is 122 Å². The van der Waals surface area contributed by atoms with Gasteiger partial charge in [0, 0.05) is 48.8 Å². The van der Waals surface area contributed by atoms with Crippen molar-refractivity contribution in [2.24, 2.45) is 0 Å². The van der Waals surface area contributed by atoms with E-state index in [-0.39, 0.29) is 35.9 Å². The number of aromatic hydroxyl groups is 3. The normalized spacial score (nSPS) is 12.1. The number of aryl methyl sites for hydroxylation is 3. The highest BCUT2D eigenvalue weighted by molar-refractivity contribution is 5.58. The molecule has 0 fully saturated rings. The van der Waals surface area contributed by atoms with E-state index in [0.717, 1.165) is 50.1 Å². The van der Waals surface area contributed by atoms with Crippen molar-refractivity contribution < 1.29 is 29.5 Å². The molecule has 0 saturated heterocycles. The van der Waals surface area contributed by atoms with Crippen LogP contribution in [-0.4, -0.2) is 36.6 Å². The quantitative estimate of drug-likeness (QED) is 0.152. The van der Waals surface area contributed by atoms with Crippen molar-refractivity contribution in [1.82, 2.24) is 0 Å². The molecule has 0 heterocycles. The molecule has 6 nitrogen and oxygen atoms in total. The molecule has 0 atom stereocenters. The van der Waals surface area contributed by atoms with E-state index in [2.05, 4.69) is 45.0 Å². The van der Waals surface area contributed by atoms with Crippen LogP contribution in [0.3, 0.4) is 0 Å². The number of ether oxygens (including phenoxy) is 3. The smallest absolute Gasteiger partial charge is 0.124 e. The van der Waals surface area contributed by atoms with E-state index in [1.807, 2.05) is 57.2 Å². The maximum atomic E-state index is 10.8. The molecule has 6 heteroatoms. The first-order chi connectivity index (χ1) is 20.8. The Labute approximate surface area is 261 Å². The van der Waals surface area contributed by atoms with Crippen LogP contribution in [0.5, 0.6) is 17.2 Å². The summed E-state index contributed by atoms with van der Waals surface area (Å²) in [4.78, 5) is 0. The van der Waals surface area contributed by atoms with Gasteiger partial charge in [-0.25, -0.2) is 0 Å². The molecule has 0 spiro atoms. The van der Waals surface area contributed by atoms with Crippen molar-refractivity contribution in [1.29, 1.82) is 0 Å². The molecule has 0 aliphatic heterocycles. The highest BCUT2D eigenvalue weighted by Crippen LogP contribution is 2.44. The van der Waals surface area contributed by atoms with Crippen molar-refractivity contribution in [2.45, 2.75) is 72.2 Å². The van der Waals surface area contributed by atoms with Crippen molar-refractivity contribution >= 4 is 0 Å². The Bertz CT molecular complexity index is 1570. The topological polar surface area (TPSA) is 88.4 Å². The van der Waals surface area contributed by atoms with Crippen LogP contribution in [0.25, 0.3) is 0 Å². The van der Waals surface area contributed by atoms with Crippen LogP contribution in [0.15, 0.2) is 60.7 Å². The second-order valence-electron chi connectivity index (χ2n) is 12.5. The molecule has 0 radical (unpaired) electrons. The molecule has 4 aromatic carbocycles. The average molecular weight is 599 g/mol. The van der Waals surface area contributed by atoms with E-state index < -0.39 is 5.41 Å². The zero-order valence-corrected chi connectivity index (χ0v) is 27.5. The molecule has 0 aromatic heterocycles. The average Bonchev–Trinajstić information content (AvgIpc) is 2.99. The van der Waals surface area contributed by atoms with Crippen LogP contribution < -0.4 is 0 Å². The third-order valence-electron chi connectivity index (χ3n) is 9.10. The van der Waals surface area contributed by atoms with Crippen LogP contribution in [0.2, 0.25) is 0 Å². The molecule has 0 bridgehead atoms. The van der Waals surface area contributed by atoms with Crippen molar-refractivity contribution in [3.8, 4) is 17.2 Å². The van der Waals surface area contributed by atoms with Gasteiger partial charge >= 0.3 is 0 Å². The van der Waals surface area contributed by atoms with Gasteiger partial charge < -0.3 is 29.5 Å². The van der Waals surface area contributed by atoms with Gasteiger partial charge in [0.25, 0.3) is 0 Å². The number of rotatable bonds is 11. The maximum absolute atomic E-state index is 10.8. The van der Waals surface area contributed by atoms with Crippen molar-refractivity contribution in [3.63, 3.8) is 0 Å². The van der Waals surface area contributed by atoms with E-state index in [4.69, 9.17) is 14.2 Å². The molecule has 234 valence electrons. The molecule has 0 saturated carbocycles. The molecule has 0 amide bonds. The number of phenolic OH excluding ortho intramolecular Hbond substituents is 3. The minimum absolute atomic E-state index is 0.231. The van der Waals surface area contributed by atoms with Crippen LogP contribution in [0.1, 0.15) is 82.0 Å². The van der Waals surface area contributed by atoms with Crippen molar-refractivity contribution in [2.75, 3.05) is 21.3 Å². The van der Waals surface area contributed by atoms with Gasteiger partial charge in [0.2, 0.25) is 0 Å². The lowest BCUT2D eigenvalue weighted by atomic mass is 9.68. The van der Waals surface area contributed by atoms with Crippen LogP contribution in [-0.2, 0) is 44.9 Å². The highest BCUT2D eigenvalue weighted by atomic mass is 16.5. The van der Waals surface area contributed by atoms with E-state index in [9.17, 15) is 15.3 Å². The summed E-state index contributed by atoms with van der Waals surface area (Å²) >= 11 is 0. The molecule has 4 aromatic rings. The summed E-state index contributed by atoms with van der Waals surface area (Å²) in [6.45, 7) is 13.2. The minimum Gasteiger partial charge on any atom is -0.507 e. The van der Waals surface area contributed by atoms with Gasteiger partial charge in [-0.1, -0.05) is 56.3 Å². The van der Waals surface area contributed by atoms with Gasteiger partial charge in [0.1, 0.15) is 17.2 Å². The standard InChI is InChI=1S/C38H46O6/c1-23-14-31(17-26(20-42-7)34(23)39)37(4,5)29-10-12-30(13-11-29)38(6,32-15-24(2)35(40)27(18-32)21-43-8)33-16-25(3)36(41)28(19-33)22-44-9/h10-19,39-41H,20-22H2,1-9H3. The third kappa shape index (κ3) is 6.07. The number of hydrogen-bond acceptors (Lipinski definition) is 6. The molecule has 0 aliphatic carbocycles. The van der Waals surface area contributed by atoms with Crippen LogP contribution in [0.4, 0.5) is 0 Å². The van der Waals surface area contributed by atoms with Gasteiger partial charge in [-0.2, -0.15) is 0 Å². The van der Waals surface area contributed by atoms with Gasteiger partial charge in [-0.15, -0.1) is 0 Å². The Hall–Kier alpha value is -3.84. The van der Waals surface area contributed by atoms with Gasteiger partial charge in [0.05, 0.1) is 19.8 Å². The predicted octanol–water partition coefficient (Wildman–Crippen LogP) is 7.85. The lowest BCUT2D eigenvalue weighted by Crippen LogP contribution is -2.27. The van der Waals surface area contributed by atoms with Crippen LogP contribution >= 0.6 is 0 Å². The number of phenols is 3. The fraction of sp³-hybridized carbons (Fsp3) is 0.368. The largest absolute Gasteiger partial charge is 0.507 e. The first kappa shape index (κ1) is 33.1.